The Bertz CT molecular complexity index is 1480. The van der Waals surface area contributed by atoms with E-state index in [9.17, 15) is 30.8 Å². The molecule has 2 aliphatic rings. The van der Waals surface area contributed by atoms with Gasteiger partial charge in [0.2, 0.25) is 21.8 Å². The van der Waals surface area contributed by atoms with Crippen molar-refractivity contribution in [3.05, 3.63) is 71.8 Å². The number of hydrogen-bond acceptors (Lipinski definition) is 6. The number of nitrogens with one attached hydrogen (secondary N) is 1. The van der Waals surface area contributed by atoms with Gasteiger partial charge in [-0.2, -0.15) is 17.5 Å². The molecule has 0 spiro atoms. The van der Waals surface area contributed by atoms with Crippen LogP contribution in [0.15, 0.2) is 53.8 Å². The molecule has 2 aromatic heterocycles. The second-order valence-electron chi connectivity index (χ2n) is 9.78. The molecule has 0 radical (unpaired) electrons. The van der Waals surface area contributed by atoms with Crippen LogP contribution in [0.25, 0.3) is 11.1 Å². The van der Waals surface area contributed by atoms with Crippen molar-refractivity contribution < 1.29 is 30.8 Å². The van der Waals surface area contributed by atoms with Crippen LogP contribution in [0.5, 0.6) is 0 Å². The van der Waals surface area contributed by atoms with Gasteiger partial charge in [-0.05, 0) is 80.0 Å². The molecule has 3 heterocycles. The van der Waals surface area contributed by atoms with E-state index in [2.05, 4.69) is 20.3 Å². The summed E-state index contributed by atoms with van der Waals surface area (Å²) in [6.45, 7) is 1.69. The van der Waals surface area contributed by atoms with Crippen molar-refractivity contribution >= 4 is 15.9 Å². The zero-order valence-electron chi connectivity index (χ0n) is 20.8. The minimum atomic E-state index is -4.65. The van der Waals surface area contributed by atoms with Crippen LogP contribution in [0.3, 0.4) is 0 Å². The summed E-state index contributed by atoms with van der Waals surface area (Å²) in [7, 11) is -4.05. The molecule has 0 bridgehead atoms. The molecule has 1 aromatic carbocycles. The van der Waals surface area contributed by atoms with E-state index in [4.69, 9.17) is 0 Å². The third kappa shape index (κ3) is 5.64. The quantitative estimate of drug-likeness (QED) is 0.427. The first-order valence-electron chi connectivity index (χ1n) is 12.4. The molecule has 3 aromatic rings. The summed E-state index contributed by atoms with van der Waals surface area (Å²) in [6.07, 6.45) is 1.90. The SMILES string of the molecule is C[C@H]1CC[C@@H](C(=O)NCc2cc(-c3cnc(C(F)(F)F)nc3)c(C3CC3)cn2)N1S(=O)(=O)c1ccc(F)cc1. The predicted molar refractivity (Wildman–Crippen MR) is 132 cm³/mol. The second-order valence-corrected chi connectivity index (χ2v) is 11.6. The smallest absolute Gasteiger partial charge is 0.349 e. The lowest BCUT2D eigenvalue weighted by molar-refractivity contribution is -0.145. The fourth-order valence-electron chi connectivity index (χ4n) is 4.82. The van der Waals surface area contributed by atoms with Crippen LogP contribution in [-0.4, -0.2) is 45.7 Å². The lowest BCUT2D eigenvalue weighted by Gasteiger charge is -2.27. The molecule has 2 fully saturated rings. The van der Waals surface area contributed by atoms with Crippen molar-refractivity contribution in [3.8, 4) is 11.1 Å². The van der Waals surface area contributed by atoms with Crippen LogP contribution in [0.1, 0.15) is 55.6 Å². The van der Waals surface area contributed by atoms with E-state index in [1.54, 1.807) is 19.2 Å². The largest absolute Gasteiger partial charge is 0.451 e. The Morgan fingerprint density at radius 3 is 2.31 bits per heavy atom. The van der Waals surface area contributed by atoms with Gasteiger partial charge in [-0.1, -0.05) is 0 Å². The summed E-state index contributed by atoms with van der Waals surface area (Å²) in [6, 6.07) is 4.74. The predicted octanol–water partition coefficient (Wildman–Crippen LogP) is 4.43. The number of carbonyl (C=O) groups excluding carboxylic acids is 1. The Morgan fingerprint density at radius 1 is 1.03 bits per heavy atom. The number of rotatable bonds is 7. The molecule has 1 saturated carbocycles. The molecule has 2 atom stereocenters. The zero-order valence-corrected chi connectivity index (χ0v) is 21.6. The molecule has 206 valence electrons. The number of alkyl halides is 3. The minimum Gasteiger partial charge on any atom is -0.349 e. The highest BCUT2D eigenvalue weighted by molar-refractivity contribution is 7.89. The summed E-state index contributed by atoms with van der Waals surface area (Å²) in [5.41, 5.74) is 2.36. The monoisotopic (exact) mass is 563 g/mol. The minimum absolute atomic E-state index is 0.0202. The second kappa shape index (κ2) is 10.3. The third-order valence-electron chi connectivity index (χ3n) is 6.96. The van der Waals surface area contributed by atoms with Crippen molar-refractivity contribution in [2.75, 3.05) is 0 Å². The van der Waals surface area contributed by atoms with Crippen LogP contribution < -0.4 is 5.32 Å². The molecule has 0 unspecified atom stereocenters. The molecule has 1 N–H and O–H groups in total. The Balaban J connectivity index is 1.34. The zero-order chi connectivity index (χ0) is 27.9. The average Bonchev–Trinajstić information content (AvgIpc) is 3.67. The summed E-state index contributed by atoms with van der Waals surface area (Å²) < 4.78 is 79.8. The van der Waals surface area contributed by atoms with E-state index in [1.807, 2.05) is 0 Å². The molecule has 1 saturated heterocycles. The van der Waals surface area contributed by atoms with Crippen LogP contribution in [-0.2, 0) is 27.5 Å². The number of nitrogens with zero attached hydrogens (tertiary/aromatic N) is 4. The molecule has 1 aliphatic heterocycles. The van der Waals surface area contributed by atoms with Crippen LogP contribution in [0, 0.1) is 5.82 Å². The van der Waals surface area contributed by atoms with Gasteiger partial charge in [0.25, 0.3) is 0 Å². The number of aromatic nitrogens is 3. The molecule has 8 nitrogen and oxygen atoms in total. The van der Waals surface area contributed by atoms with Crippen molar-refractivity contribution in [2.45, 2.75) is 68.2 Å². The lowest BCUT2D eigenvalue weighted by Crippen LogP contribution is -2.48. The van der Waals surface area contributed by atoms with E-state index < -0.39 is 45.8 Å². The number of sulfonamides is 1. The summed E-state index contributed by atoms with van der Waals surface area (Å²) in [4.78, 5) is 24.4. The topological polar surface area (TPSA) is 105 Å². The van der Waals surface area contributed by atoms with Crippen molar-refractivity contribution in [1.29, 1.82) is 0 Å². The van der Waals surface area contributed by atoms with Crippen molar-refractivity contribution in [3.63, 3.8) is 0 Å². The number of carbonyl (C=O) groups is 1. The highest BCUT2D eigenvalue weighted by Gasteiger charge is 2.43. The Morgan fingerprint density at radius 2 is 1.69 bits per heavy atom. The Kier molecular flexibility index (Phi) is 7.14. The maximum absolute atomic E-state index is 13.3. The number of halogens is 4. The van der Waals surface area contributed by atoms with E-state index >= 15 is 0 Å². The van der Waals surface area contributed by atoms with E-state index in [0.717, 1.165) is 47.2 Å². The van der Waals surface area contributed by atoms with Crippen molar-refractivity contribution in [1.82, 2.24) is 24.6 Å². The van der Waals surface area contributed by atoms with Gasteiger partial charge in [0.05, 0.1) is 17.1 Å². The van der Waals surface area contributed by atoms with Crippen LogP contribution >= 0.6 is 0 Å². The van der Waals surface area contributed by atoms with Gasteiger partial charge in [-0.15, -0.1) is 0 Å². The van der Waals surface area contributed by atoms with Gasteiger partial charge >= 0.3 is 6.18 Å². The van der Waals surface area contributed by atoms with Gasteiger partial charge in [-0.3, -0.25) is 9.78 Å². The summed E-state index contributed by atoms with van der Waals surface area (Å²) >= 11 is 0. The van der Waals surface area contributed by atoms with Gasteiger partial charge in [-0.25, -0.2) is 22.8 Å². The van der Waals surface area contributed by atoms with Crippen LogP contribution in [0.4, 0.5) is 17.6 Å². The maximum atomic E-state index is 13.3. The molecule has 5 rings (SSSR count). The van der Waals surface area contributed by atoms with E-state index in [1.165, 1.54) is 12.1 Å². The molecule has 39 heavy (non-hydrogen) atoms. The molecule has 1 aliphatic carbocycles. The van der Waals surface area contributed by atoms with Crippen LogP contribution in [0.2, 0.25) is 0 Å². The maximum Gasteiger partial charge on any atom is 0.451 e. The fourth-order valence-corrected chi connectivity index (χ4v) is 6.66. The molecule has 1 amide bonds. The van der Waals surface area contributed by atoms with Gasteiger partial charge < -0.3 is 5.32 Å². The highest BCUT2D eigenvalue weighted by Crippen LogP contribution is 2.44. The highest BCUT2D eigenvalue weighted by atomic mass is 32.2. The van der Waals surface area contributed by atoms with Gasteiger partial charge in [0, 0.05) is 30.2 Å². The van der Waals surface area contributed by atoms with Crippen molar-refractivity contribution in [2.24, 2.45) is 0 Å². The standard InChI is InChI=1S/C26H25F4N5O3S/c1-15-2-9-23(35(15)39(37,38)20-7-5-18(27)6-8-20)24(36)32-13-19-10-21(22(14-31-19)16-3-4-16)17-11-33-25(34-12-17)26(28,29)30/h5-8,10-12,14-16,23H,2-4,9,13H2,1H3,(H,32,36)/t15-,23-/m0/s1. The average molecular weight is 564 g/mol. The summed E-state index contributed by atoms with van der Waals surface area (Å²) in [5, 5.41) is 2.75. The Labute approximate surface area is 222 Å². The first kappa shape index (κ1) is 27.1. The Hall–Kier alpha value is -3.45. The summed E-state index contributed by atoms with van der Waals surface area (Å²) in [5.74, 6) is -2.06. The normalized spacial score (nSPS) is 20.2. The first-order valence-corrected chi connectivity index (χ1v) is 13.8. The molecular formula is C26H25F4N5O3S. The fraction of sp³-hybridized carbons (Fsp3) is 0.385. The van der Waals surface area contributed by atoms with Gasteiger partial charge in [0.15, 0.2) is 0 Å². The lowest BCUT2D eigenvalue weighted by atomic mass is 10.00. The molecule has 13 heteroatoms. The van der Waals surface area contributed by atoms with E-state index in [0.29, 0.717) is 29.7 Å². The number of amides is 1. The number of benzene rings is 1. The molecular weight excluding hydrogens is 538 g/mol. The number of hydrogen-bond donors (Lipinski definition) is 1. The third-order valence-corrected chi connectivity index (χ3v) is 9.00. The van der Waals surface area contributed by atoms with E-state index in [-0.39, 0.29) is 17.4 Å². The first-order chi connectivity index (χ1) is 18.4. The number of pyridine rings is 1. The van der Waals surface area contributed by atoms with Gasteiger partial charge in [0.1, 0.15) is 11.9 Å².